The van der Waals surface area contributed by atoms with Gasteiger partial charge < -0.3 is 14.8 Å². The maximum atomic E-state index is 13.0. The Hall–Kier alpha value is -1.55. The van der Waals surface area contributed by atoms with E-state index < -0.39 is 5.60 Å². The molecule has 1 aromatic carbocycles. The van der Waals surface area contributed by atoms with Crippen molar-refractivity contribution in [3.05, 3.63) is 24.3 Å². The standard InChI is InChI=1S/C21H33NO3/c1-4-16-24-21(14-8-6-7-9-15-21)20(23)22-18-10-12-19(13-11-18)25-17(3)5-2/h10-13,17H,4-9,14-16H2,1-3H3,(H,22,23)/t17-/m1/s1. The second-order valence-corrected chi connectivity index (χ2v) is 7.07. The summed E-state index contributed by atoms with van der Waals surface area (Å²) in [6, 6.07) is 7.63. The van der Waals surface area contributed by atoms with Crippen LogP contribution in [0.5, 0.6) is 5.75 Å². The second-order valence-electron chi connectivity index (χ2n) is 7.07. The molecule has 140 valence electrons. The topological polar surface area (TPSA) is 47.6 Å². The Morgan fingerprint density at radius 1 is 1.12 bits per heavy atom. The monoisotopic (exact) mass is 347 g/mol. The van der Waals surface area contributed by atoms with Gasteiger partial charge in [-0.25, -0.2) is 0 Å². The van der Waals surface area contributed by atoms with E-state index >= 15 is 0 Å². The lowest BCUT2D eigenvalue weighted by atomic mass is 9.92. The van der Waals surface area contributed by atoms with Crippen molar-refractivity contribution in [2.24, 2.45) is 0 Å². The van der Waals surface area contributed by atoms with Gasteiger partial charge in [-0.2, -0.15) is 0 Å². The third-order valence-corrected chi connectivity index (χ3v) is 4.93. The number of anilines is 1. The summed E-state index contributed by atoms with van der Waals surface area (Å²) in [6.07, 6.45) is 8.20. The first-order valence-corrected chi connectivity index (χ1v) is 9.82. The Balaban J connectivity index is 2.04. The molecule has 0 aromatic heterocycles. The third-order valence-electron chi connectivity index (χ3n) is 4.93. The quantitative estimate of drug-likeness (QED) is 0.647. The van der Waals surface area contributed by atoms with E-state index in [-0.39, 0.29) is 12.0 Å². The van der Waals surface area contributed by atoms with Gasteiger partial charge in [-0.15, -0.1) is 0 Å². The minimum atomic E-state index is -0.668. The van der Waals surface area contributed by atoms with Crippen molar-refractivity contribution in [3.63, 3.8) is 0 Å². The number of nitrogens with one attached hydrogen (secondary N) is 1. The van der Waals surface area contributed by atoms with Crippen LogP contribution in [0.15, 0.2) is 24.3 Å². The average Bonchev–Trinajstić information content (AvgIpc) is 2.88. The highest BCUT2D eigenvalue weighted by molar-refractivity contribution is 5.97. The summed E-state index contributed by atoms with van der Waals surface area (Å²) in [4.78, 5) is 13.0. The molecule has 1 N–H and O–H groups in total. The van der Waals surface area contributed by atoms with Gasteiger partial charge in [0, 0.05) is 12.3 Å². The van der Waals surface area contributed by atoms with Crippen LogP contribution in [-0.4, -0.2) is 24.2 Å². The average molecular weight is 347 g/mol. The number of hydrogen-bond donors (Lipinski definition) is 1. The number of carbonyl (C=O) groups excluding carboxylic acids is 1. The number of hydrogen-bond acceptors (Lipinski definition) is 3. The molecule has 1 aliphatic rings. The molecule has 1 fully saturated rings. The SMILES string of the molecule is CCCOC1(C(=O)Nc2ccc(O[C@H](C)CC)cc2)CCCCCC1. The van der Waals surface area contributed by atoms with Crippen molar-refractivity contribution in [1.82, 2.24) is 0 Å². The lowest BCUT2D eigenvalue weighted by molar-refractivity contribution is -0.143. The first-order valence-electron chi connectivity index (χ1n) is 9.82. The maximum absolute atomic E-state index is 13.0. The zero-order chi connectivity index (χ0) is 18.1. The molecular weight excluding hydrogens is 314 g/mol. The van der Waals surface area contributed by atoms with Crippen molar-refractivity contribution in [2.45, 2.75) is 83.8 Å². The van der Waals surface area contributed by atoms with Crippen LogP contribution in [0.25, 0.3) is 0 Å². The van der Waals surface area contributed by atoms with Gasteiger partial charge in [0.2, 0.25) is 0 Å². The first kappa shape index (κ1) is 19.8. The maximum Gasteiger partial charge on any atom is 0.256 e. The molecule has 4 nitrogen and oxygen atoms in total. The van der Waals surface area contributed by atoms with Gasteiger partial charge in [0.05, 0.1) is 6.10 Å². The Kier molecular flexibility index (Phi) is 7.76. The van der Waals surface area contributed by atoms with E-state index in [1.165, 1.54) is 12.8 Å². The van der Waals surface area contributed by atoms with Gasteiger partial charge >= 0.3 is 0 Å². The minimum Gasteiger partial charge on any atom is -0.491 e. The van der Waals surface area contributed by atoms with Gasteiger partial charge in [0.1, 0.15) is 11.4 Å². The van der Waals surface area contributed by atoms with E-state index in [2.05, 4.69) is 26.1 Å². The highest BCUT2D eigenvalue weighted by Gasteiger charge is 2.39. The summed E-state index contributed by atoms with van der Waals surface area (Å²) in [5.41, 5.74) is 0.128. The molecule has 0 spiro atoms. The molecule has 1 saturated carbocycles. The normalized spacial score (nSPS) is 18.2. The van der Waals surface area contributed by atoms with Gasteiger partial charge in [-0.1, -0.05) is 39.5 Å². The zero-order valence-corrected chi connectivity index (χ0v) is 16.0. The minimum absolute atomic E-state index is 0.00144. The van der Waals surface area contributed by atoms with Crippen molar-refractivity contribution in [1.29, 1.82) is 0 Å². The van der Waals surface area contributed by atoms with Crippen molar-refractivity contribution in [3.8, 4) is 5.75 Å². The fraction of sp³-hybridized carbons (Fsp3) is 0.667. The van der Waals surface area contributed by atoms with E-state index in [1.807, 2.05) is 24.3 Å². The van der Waals surface area contributed by atoms with Gasteiger partial charge in [-0.05, 0) is 56.9 Å². The summed E-state index contributed by atoms with van der Waals surface area (Å²) in [6.45, 7) is 6.87. The van der Waals surface area contributed by atoms with Crippen LogP contribution in [0.1, 0.15) is 72.1 Å². The molecule has 1 amide bonds. The number of benzene rings is 1. The molecule has 0 aliphatic heterocycles. The third kappa shape index (κ3) is 5.74. The van der Waals surface area contributed by atoms with Gasteiger partial charge in [0.15, 0.2) is 0 Å². The Morgan fingerprint density at radius 2 is 1.76 bits per heavy atom. The molecule has 0 bridgehead atoms. The van der Waals surface area contributed by atoms with Crippen LogP contribution < -0.4 is 10.1 Å². The fourth-order valence-corrected chi connectivity index (χ4v) is 3.21. The highest BCUT2D eigenvalue weighted by atomic mass is 16.5. The molecule has 1 atom stereocenters. The highest BCUT2D eigenvalue weighted by Crippen LogP contribution is 2.32. The fourth-order valence-electron chi connectivity index (χ4n) is 3.21. The summed E-state index contributed by atoms with van der Waals surface area (Å²) in [7, 11) is 0. The van der Waals surface area contributed by atoms with Crippen LogP contribution in [0, 0.1) is 0 Å². The summed E-state index contributed by atoms with van der Waals surface area (Å²) in [5, 5.41) is 3.06. The Bertz CT molecular complexity index is 518. The lowest BCUT2D eigenvalue weighted by Gasteiger charge is -2.31. The molecule has 4 heteroatoms. The summed E-state index contributed by atoms with van der Waals surface area (Å²) < 4.78 is 11.9. The van der Waals surface area contributed by atoms with E-state index in [4.69, 9.17) is 9.47 Å². The van der Waals surface area contributed by atoms with Crippen molar-refractivity contribution in [2.75, 3.05) is 11.9 Å². The predicted octanol–water partition coefficient (Wildman–Crippen LogP) is 5.32. The Labute approximate surface area is 152 Å². The predicted molar refractivity (Wildman–Crippen MR) is 102 cm³/mol. The molecule has 25 heavy (non-hydrogen) atoms. The van der Waals surface area contributed by atoms with Crippen LogP contribution in [0.2, 0.25) is 0 Å². The van der Waals surface area contributed by atoms with E-state index in [0.29, 0.717) is 6.61 Å². The summed E-state index contributed by atoms with van der Waals surface area (Å²) >= 11 is 0. The van der Waals surface area contributed by atoms with Crippen molar-refractivity contribution < 1.29 is 14.3 Å². The lowest BCUT2D eigenvalue weighted by Crippen LogP contribution is -2.45. The van der Waals surface area contributed by atoms with Crippen LogP contribution in [0.4, 0.5) is 5.69 Å². The molecular formula is C21H33NO3. The first-order chi connectivity index (χ1) is 12.1. The van der Waals surface area contributed by atoms with Crippen LogP contribution >= 0.6 is 0 Å². The van der Waals surface area contributed by atoms with Gasteiger partial charge in [0.25, 0.3) is 5.91 Å². The smallest absolute Gasteiger partial charge is 0.256 e. The van der Waals surface area contributed by atoms with E-state index in [9.17, 15) is 4.79 Å². The molecule has 0 radical (unpaired) electrons. The molecule has 0 heterocycles. The molecule has 2 rings (SSSR count). The molecule has 0 saturated heterocycles. The van der Waals surface area contributed by atoms with Gasteiger partial charge in [-0.3, -0.25) is 4.79 Å². The van der Waals surface area contributed by atoms with Crippen LogP contribution in [0.3, 0.4) is 0 Å². The van der Waals surface area contributed by atoms with E-state index in [1.54, 1.807) is 0 Å². The number of rotatable bonds is 8. The zero-order valence-electron chi connectivity index (χ0n) is 16.0. The Morgan fingerprint density at radius 3 is 2.32 bits per heavy atom. The number of ether oxygens (including phenoxy) is 2. The number of carbonyl (C=O) groups is 1. The van der Waals surface area contributed by atoms with E-state index in [0.717, 1.165) is 50.0 Å². The second kappa shape index (κ2) is 9.81. The van der Waals surface area contributed by atoms with Crippen molar-refractivity contribution >= 4 is 11.6 Å². The number of amides is 1. The molecule has 1 aromatic rings. The summed E-state index contributed by atoms with van der Waals surface area (Å²) in [5.74, 6) is 0.831. The molecule has 1 aliphatic carbocycles. The largest absolute Gasteiger partial charge is 0.491 e. The molecule has 0 unspecified atom stereocenters. The van der Waals surface area contributed by atoms with Crippen LogP contribution in [-0.2, 0) is 9.53 Å².